The van der Waals surface area contributed by atoms with Crippen LogP contribution < -0.4 is 10.6 Å². The van der Waals surface area contributed by atoms with Crippen LogP contribution in [-0.4, -0.2) is 25.6 Å². The Hall–Kier alpha value is -2.45. The molecule has 0 atom stereocenters. The molecule has 0 aliphatic rings. The van der Waals surface area contributed by atoms with Gasteiger partial charge in [-0.25, -0.2) is 13.4 Å². The molecule has 0 bridgehead atoms. The minimum absolute atomic E-state index is 0.163. The molecular weight excluding hydrogens is 358 g/mol. The quantitative estimate of drug-likeness (QED) is 0.757. The standard InChI is InChI=1S/C17H17N3O3S2/c1-11(21)20(17-15(7-8-24-17)25(2,22)23)10-12-3-4-13-5-6-16(18)19-14(13)9-12/h3-9H,10H2,1-2H3,(H2,18,19). The Labute approximate surface area is 149 Å². The molecule has 0 aliphatic heterocycles. The number of sulfone groups is 1. The summed E-state index contributed by atoms with van der Waals surface area (Å²) >= 11 is 1.23. The summed E-state index contributed by atoms with van der Waals surface area (Å²) < 4.78 is 23.9. The van der Waals surface area contributed by atoms with Gasteiger partial charge in [0.25, 0.3) is 0 Å². The minimum Gasteiger partial charge on any atom is -0.384 e. The largest absolute Gasteiger partial charge is 0.384 e. The van der Waals surface area contributed by atoms with Crippen LogP contribution in [0.4, 0.5) is 10.8 Å². The van der Waals surface area contributed by atoms with Crippen molar-refractivity contribution in [3.05, 3.63) is 47.3 Å². The zero-order chi connectivity index (χ0) is 18.2. The van der Waals surface area contributed by atoms with E-state index in [0.717, 1.165) is 22.7 Å². The SMILES string of the molecule is CC(=O)N(Cc1ccc2ccc(N)nc2c1)c1sccc1S(C)(=O)=O. The number of nitrogen functional groups attached to an aromatic ring is 1. The summed E-state index contributed by atoms with van der Waals surface area (Å²) in [4.78, 5) is 18.1. The Morgan fingerprint density at radius 3 is 2.64 bits per heavy atom. The van der Waals surface area contributed by atoms with Crippen molar-refractivity contribution in [3.8, 4) is 0 Å². The van der Waals surface area contributed by atoms with Crippen LogP contribution >= 0.6 is 11.3 Å². The van der Waals surface area contributed by atoms with Crippen molar-refractivity contribution >= 4 is 48.8 Å². The molecule has 130 valence electrons. The summed E-state index contributed by atoms with van der Waals surface area (Å²) in [5.74, 6) is 0.193. The summed E-state index contributed by atoms with van der Waals surface area (Å²) in [7, 11) is -3.41. The molecule has 0 fully saturated rings. The number of thiophene rings is 1. The molecule has 2 N–H and O–H groups in total. The molecule has 0 unspecified atom stereocenters. The first kappa shape index (κ1) is 17.4. The lowest BCUT2D eigenvalue weighted by Gasteiger charge is -2.21. The Balaban J connectivity index is 2.01. The number of anilines is 2. The van der Waals surface area contributed by atoms with Gasteiger partial charge in [0.15, 0.2) is 9.84 Å². The molecule has 3 aromatic rings. The fourth-order valence-electron chi connectivity index (χ4n) is 2.55. The molecule has 8 heteroatoms. The van der Waals surface area contributed by atoms with Crippen LogP contribution in [0.15, 0.2) is 46.7 Å². The van der Waals surface area contributed by atoms with Gasteiger partial charge in [0.2, 0.25) is 5.91 Å². The molecular formula is C17H17N3O3S2. The van der Waals surface area contributed by atoms with Gasteiger partial charge in [0.1, 0.15) is 15.7 Å². The molecule has 0 saturated carbocycles. The molecule has 6 nitrogen and oxygen atoms in total. The summed E-state index contributed by atoms with van der Waals surface area (Å²) in [5.41, 5.74) is 7.30. The zero-order valence-electron chi connectivity index (χ0n) is 13.8. The summed E-state index contributed by atoms with van der Waals surface area (Å²) in [5, 5.41) is 3.04. The minimum atomic E-state index is -3.41. The number of rotatable bonds is 4. The number of fused-ring (bicyclic) bond motifs is 1. The monoisotopic (exact) mass is 375 g/mol. The number of carbonyl (C=O) groups excluding carboxylic acids is 1. The van der Waals surface area contributed by atoms with E-state index in [9.17, 15) is 13.2 Å². The van der Waals surface area contributed by atoms with Crippen LogP contribution in [0.1, 0.15) is 12.5 Å². The van der Waals surface area contributed by atoms with Gasteiger partial charge in [-0.3, -0.25) is 9.69 Å². The van der Waals surface area contributed by atoms with Gasteiger partial charge in [-0.2, -0.15) is 0 Å². The maximum absolute atomic E-state index is 12.1. The first-order valence-corrected chi connectivity index (χ1v) is 10.2. The van der Waals surface area contributed by atoms with Crippen LogP contribution in [0.3, 0.4) is 0 Å². The molecule has 1 amide bonds. The van der Waals surface area contributed by atoms with E-state index in [4.69, 9.17) is 5.73 Å². The lowest BCUT2D eigenvalue weighted by molar-refractivity contribution is -0.116. The molecule has 0 radical (unpaired) electrons. The Kier molecular flexibility index (Phi) is 4.49. The molecule has 3 rings (SSSR count). The molecule has 0 spiro atoms. The van der Waals surface area contributed by atoms with E-state index < -0.39 is 9.84 Å². The van der Waals surface area contributed by atoms with E-state index in [0.29, 0.717) is 10.8 Å². The van der Waals surface area contributed by atoms with Crippen molar-refractivity contribution in [2.45, 2.75) is 18.4 Å². The van der Waals surface area contributed by atoms with E-state index in [1.807, 2.05) is 24.3 Å². The highest BCUT2D eigenvalue weighted by molar-refractivity contribution is 7.91. The van der Waals surface area contributed by atoms with Crippen LogP contribution in [0.5, 0.6) is 0 Å². The topological polar surface area (TPSA) is 93.4 Å². The average Bonchev–Trinajstić information content (AvgIpc) is 3.01. The maximum atomic E-state index is 12.1. The number of aromatic nitrogens is 1. The van der Waals surface area contributed by atoms with Crippen molar-refractivity contribution in [1.82, 2.24) is 4.98 Å². The van der Waals surface area contributed by atoms with Gasteiger partial charge in [0.05, 0.1) is 12.1 Å². The van der Waals surface area contributed by atoms with Crippen LogP contribution in [0.2, 0.25) is 0 Å². The highest BCUT2D eigenvalue weighted by Crippen LogP contribution is 2.33. The average molecular weight is 375 g/mol. The number of hydrogen-bond acceptors (Lipinski definition) is 6. The number of pyridine rings is 1. The third-order valence-corrected chi connectivity index (χ3v) is 5.95. The third kappa shape index (κ3) is 3.64. The zero-order valence-corrected chi connectivity index (χ0v) is 15.4. The lowest BCUT2D eigenvalue weighted by atomic mass is 10.1. The second kappa shape index (κ2) is 6.45. The summed E-state index contributed by atoms with van der Waals surface area (Å²) in [6.07, 6.45) is 1.14. The van der Waals surface area contributed by atoms with E-state index in [1.54, 1.807) is 11.4 Å². The van der Waals surface area contributed by atoms with E-state index in [1.165, 1.54) is 29.2 Å². The maximum Gasteiger partial charge on any atom is 0.224 e. The van der Waals surface area contributed by atoms with E-state index >= 15 is 0 Å². The van der Waals surface area contributed by atoms with Crippen LogP contribution in [-0.2, 0) is 21.2 Å². The third-order valence-electron chi connectivity index (χ3n) is 3.75. The molecule has 2 heterocycles. The lowest BCUT2D eigenvalue weighted by Crippen LogP contribution is -2.28. The predicted octanol–water partition coefficient (Wildman–Crippen LogP) is 2.84. The van der Waals surface area contributed by atoms with Gasteiger partial charge < -0.3 is 5.73 Å². The Morgan fingerprint density at radius 2 is 1.96 bits per heavy atom. The van der Waals surface area contributed by atoms with Gasteiger partial charge in [-0.15, -0.1) is 11.3 Å². The fraction of sp³-hybridized carbons (Fsp3) is 0.176. The van der Waals surface area contributed by atoms with Crippen molar-refractivity contribution < 1.29 is 13.2 Å². The van der Waals surface area contributed by atoms with Crippen molar-refractivity contribution in [3.63, 3.8) is 0 Å². The van der Waals surface area contributed by atoms with E-state index in [-0.39, 0.29) is 17.3 Å². The Bertz CT molecular complexity index is 1060. The van der Waals surface area contributed by atoms with E-state index in [2.05, 4.69) is 4.98 Å². The second-order valence-electron chi connectivity index (χ2n) is 5.73. The normalized spacial score (nSPS) is 11.6. The number of nitrogens with two attached hydrogens (primary N) is 1. The molecule has 2 aromatic heterocycles. The fourth-order valence-corrected chi connectivity index (χ4v) is 4.82. The van der Waals surface area contributed by atoms with Crippen LogP contribution in [0, 0.1) is 0 Å². The number of carbonyl (C=O) groups is 1. The summed E-state index contributed by atoms with van der Waals surface area (Å²) in [6.45, 7) is 1.67. The highest BCUT2D eigenvalue weighted by Gasteiger charge is 2.22. The first-order valence-electron chi connectivity index (χ1n) is 7.46. The second-order valence-corrected chi connectivity index (χ2v) is 8.61. The van der Waals surface area contributed by atoms with Crippen molar-refractivity contribution in [2.24, 2.45) is 0 Å². The molecule has 1 aromatic carbocycles. The molecule has 0 aliphatic carbocycles. The van der Waals surface area contributed by atoms with Crippen molar-refractivity contribution in [1.29, 1.82) is 0 Å². The molecule has 0 saturated heterocycles. The van der Waals surface area contributed by atoms with Gasteiger partial charge in [0, 0.05) is 18.6 Å². The van der Waals surface area contributed by atoms with Gasteiger partial charge in [-0.1, -0.05) is 12.1 Å². The van der Waals surface area contributed by atoms with Crippen molar-refractivity contribution in [2.75, 3.05) is 16.9 Å². The molecule has 25 heavy (non-hydrogen) atoms. The summed E-state index contributed by atoms with van der Waals surface area (Å²) in [6, 6.07) is 10.8. The number of benzene rings is 1. The predicted molar refractivity (Wildman–Crippen MR) is 100 cm³/mol. The first-order chi connectivity index (χ1) is 11.8. The number of amides is 1. The Morgan fingerprint density at radius 1 is 1.24 bits per heavy atom. The number of nitrogens with zero attached hydrogens (tertiary/aromatic N) is 2. The van der Waals surface area contributed by atoms with Gasteiger partial charge >= 0.3 is 0 Å². The van der Waals surface area contributed by atoms with Gasteiger partial charge in [-0.05, 0) is 35.2 Å². The van der Waals surface area contributed by atoms with Crippen LogP contribution in [0.25, 0.3) is 10.9 Å². The number of hydrogen-bond donors (Lipinski definition) is 1. The highest BCUT2D eigenvalue weighted by atomic mass is 32.2. The smallest absolute Gasteiger partial charge is 0.224 e.